The smallest absolute Gasteiger partial charge is 0.324 e. The van der Waals surface area contributed by atoms with Crippen molar-refractivity contribution >= 4 is 11.9 Å². The minimum absolute atomic E-state index is 0.149. The predicted molar refractivity (Wildman–Crippen MR) is 98.0 cm³/mol. The molecular weight excluding hydrogens is 362 g/mol. The van der Waals surface area contributed by atoms with Crippen LogP contribution in [0, 0.1) is 18.8 Å². The van der Waals surface area contributed by atoms with E-state index in [4.69, 9.17) is 13.8 Å². The highest BCUT2D eigenvalue weighted by molar-refractivity contribution is 5.94. The second-order valence-electron chi connectivity index (χ2n) is 8.51. The van der Waals surface area contributed by atoms with E-state index in [2.05, 4.69) is 25.5 Å². The van der Waals surface area contributed by atoms with Gasteiger partial charge in [-0.25, -0.2) is 0 Å². The van der Waals surface area contributed by atoms with Gasteiger partial charge in [-0.2, -0.15) is 4.98 Å². The van der Waals surface area contributed by atoms with E-state index in [1.54, 1.807) is 6.92 Å². The molecule has 0 aliphatic carbocycles. The summed E-state index contributed by atoms with van der Waals surface area (Å²) < 4.78 is 16.9. The van der Waals surface area contributed by atoms with Gasteiger partial charge in [-0.05, 0) is 19.8 Å². The van der Waals surface area contributed by atoms with Crippen molar-refractivity contribution in [2.45, 2.75) is 51.2 Å². The number of carbonyl (C=O) groups is 1. The molecule has 9 heteroatoms. The molecule has 28 heavy (non-hydrogen) atoms. The first-order valence-corrected chi connectivity index (χ1v) is 9.93. The Bertz CT molecular complexity index is 893. The lowest BCUT2D eigenvalue weighted by Gasteiger charge is -2.29. The van der Waals surface area contributed by atoms with E-state index in [0.29, 0.717) is 29.8 Å². The Balaban J connectivity index is 1.29. The van der Waals surface area contributed by atoms with Gasteiger partial charge >= 0.3 is 6.01 Å². The first-order chi connectivity index (χ1) is 13.5. The SMILES string of the molecule is Cc1oncc1C(=O)NC[C@H]1[C@H]2CN(c3nc(C(C)C)no3)C[C@]23CC[C@H]1O3. The molecule has 150 valence electrons. The Hall–Kier alpha value is -2.42. The molecule has 2 bridgehead atoms. The van der Waals surface area contributed by atoms with Crippen LogP contribution in [0.2, 0.25) is 0 Å². The molecule has 0 radical (unpaired) electrons. The quantitative estimate of drug-likeness (QED) is 0.829. The fraction of sp³-hybridized carbons (Fsp3) is 0.684. The molecule has 5 rings (SSSR count). The van der Waals surface area contributed by atoms with Crippen LogP contribution in [0.4, 0.5) is 6.01 Å². The van der Waals surface area contributed by atoms with Crippen molar-refractivity contribution in [3.05, 3.63) is 23.3 Å². The number of amides is 1. The molecule has 9 nitrogen and oxygen atoms in total. The molecule has 3 aliphatic heterocycles. The first-order valence-electron chi connectivity index (χ1n) is 9.93. The number of hydrogen-bond acceptors (Lipinski definition) is 8. The van der Waals surface area contributed by atoms with Gasteiger partial charge in [0.15, 0.2) is 5.82 Å². The molecular formula is C19H25N5O4. The monoisotopic (exact) mass is 387 g/mol. The van der Waals surface area contributed by atoms with Crippen molar-refractivity contribution in [3.63, 3.8) is 0 Å². The number of hydrogen-bond donors (Lipinski definition) is 1. The van der Waals surface area contributed by atoms with Gasteiger partial charge in [-0.3, -0.25) is 4.79 Å². The lowest BCUT2D eigenvalue weighted by Crippen LogP contribution is -2.41. The molecule has 0 aromatic carbocycles. The average molecular weight is 387 g/mol. The number of rotatable bonds is 5. The minimum atomic E-state index is -0.167. The molecule has 4 atom stereocenters. The molecule has 2 aromatic heterocycles. The molecule has 3 aliphatic rings. The molecule has 5 heterocycles. The van der Waals surface area contributed by atoms with Crippen molar-refractivity contribution in [2.24, 2.45) is 11.8 Å². The standard InChI is InChI=1S/C19H25N5O4/c1-10(2)16-22-18(28-23-16)24-8-14-13(15-4-5-19(14,9-24)26-15)6-20-17(25)12-7-21-27-11(12)3/h7,10,13-15H,4-6,8-9H2,1-3H3,(H,20,25)/t13-,14+,15+,19+/m0/s1. The molecule has 2 aromatic rings. The Morgan fingerprint density at radius 2 is 2.29 bits per heavy atom. The predicted octanol–water partition coefficient (Wildman–Crippen LogP) is 1.90. The van der Waals surface area contributed by atoms with E-state index in [9.17, 15) is 4.79 Å². The average Bonchev–Trinajstić information content (AvgIpc) is 3.44. The van der Waals surface area contributed by atoms with Gasteiger partial charge in [0.2, 0.25) is 0 Å². The minimum Gasteiger partial charge on any atom is -0.369 e. The van der Waals surface area contributed by atoms with Gasteiger partial charge in [0.05, 0.1) is 24.4 Å². The number of nitrogens with one attached hydrogen (secondary N) is 1. The normalized spacial score (nSPS) is 31.0. The van der Waals surface area contributed by atoms with Crippen LogP contribution in [0.3, 0.4) is 0 Å². The maximum atomic E-state index is 12.4. The summed E-state index contributed by atoms with van der Waals surface area (Å²) in [5.74, 6) is 1.95. The summed E-state index contributed by atoms with van der Waals surface area (Å²) in [5.41, 5.74) is 0.318. The number of anilines is 1. The van der Waals surface area contributed by atoms with Crippen LogP contribution in [0.15, 0.2) is 15.2 Å². The van der Waals surface area contributed by atoms with E-state index < -0.39 is 0 Å². The summed E-state index contributed by atoms with van der Waals surface area (Å²) in [5, 5.41) is 10.8. The molecule has 1 N–H and O–H groups in total. The zero-order valence-corrected chi connectivity index (χ0v) is 16.3. The molecule has 1 amide bonds. The summed E-state index contributed by atoms with van der Waals surface area (Å²) >= 11 is 0. The third kappa shape index (κ3) is 2.63. The zero-order chi connectivity index (χ0) is 19.5. The fourth-order valence-corrected chi connectivity index (χ4v) is 5.02. The largest absolute Gasteiger partial charge is 0.369 e. The molecule has 3 fully saturated rings. The number of ether oxygens (including phenoxy) is 1. The summed E-state index contributed by atoms with van der Waals surface area (Å²) in [7, 11) is 0. The highest BCUT2D eigenvalue weighted by Gasteiger charge is 2.63. The molecule has 3 saturated heterocycles. The third-order valence-corrected chi connectivity index (χ3v) is 6.50. The number of fused-ring (bicyclic) bond motifs is 1. The summed E-state index contributed by atoms with van der Waals surface area (Å²) in [4.78, 5) is 19.1. The van der Waals surface area contributed by atoms with E-state index in [1.807, 2.05) is 13.8 Å². The Kier molecular flexibility index (Phi) is 3.97. The van der Waals surface area contributed by atoms with E-state index in [0.717, 1.165) is 31.8 Å². The van der Waals surface area contributed by atoms with E-state index in [1.165, 1.54) is 6.20 Å². The second-order valence-corrected chi connectivity index (χ2v) is 8.51. The molecule has 1 spiro atoms. The maximum Gasteiger partial charge on any atom is 0.324 e. The zero-order valence-electron chi connectivity index (χ0n) is 16.3. The summed E-state index contributed by atoms with van der Waals surface area (Å²) in [6.07, 6.45) is 3.73. The van der Waals surface area contributed by atoms with Gasteiger partial charge in [0.1, 0.15) is 11.3 Å². The van der Waals surface area contributed by atoms with Crippen LogP contribution in [0.5, 0.6) is 0 Å². The van der Waals surface area contributed by atoms with Crippen LogP contribution in [-0.2, 0) is 4.74 Å². The third-order valence-electron chi connectivity index (χ3n) is 6.50. The number of nitrogens with zero attached hydrogens (tertiary/aromatic N) is 4. The number of carbonyl (C=O) groups excluding carboxylic acids is 1. The molecule has 0 unspecified atom stereocenters. The fourth-order valence-electron chi connectivity index (χ4n) is 5.02. The number of aromatic nitrogens is 3. The van der Waals surface area contributed by atoms with Crippen molar-refractivity contribution in [3.8, 4) is 0 Å². The van der Waals surface area contributed by atoms with Crippen LogP contribution < -0.4 is 10.2 Å². The van der Waals surface area contributed by atoms with Crippen molar-refractivity contribution in [1.82, 2.24) is 20.6 Å². The summed E-state index contributed by atoms with van der Waals surface area (Å²) in [6, 6.07) is 0.572. The Morgan fingerprint density at radius 3 is 3.00 bits per heavy atom. The van der Waals surface area contributed by atoms with E-state index in [-0.39, 0.29) is 29.4 Å². The lowest BCUT2D eigenvalue weighted by atomic mass is 9.73. The lowest BCUT2D eigenvalue weighted by molar-refractivity contribution is 0.0139. The summed E-state index contributed by atoms with van der Waals surface area (Å²) in [6.45, 7) is 7.99. The van der Waals surface area contributed by atoms with Gasteiger partial charge in [-0.1, -0.05) is 24.2 Å². The van der Waals surface area contributed by atoms with Gasteiger partial charge in [0, 0.05) is 30.8 Å². The molecule has 0 saturated carbocycles. The van der Waals surface area contributed by atoms with Crippen LogP contribution >= 0.6 is 0 Å². The van der Waals surface area contributed by atoms with Crippen molar-refractivity contribution < 1.29 is 18.6 Å². The van der Waals surface area contributed by atoms with Gasteiger partial charge in [0.25, 0.3) is 5.91 Å². The van der Waals surface area contributed by atoms with Crippen molar-refractivity contribution in [2.75, 3.05) is 24.5 Å². The highest BCUT2D eigenvalue weighted by atomic mass is 16.5. The topological polar surface area (TPSA) is 107 Å². The van der Waals surface area contributed by atoms with Crippen LogP contribution in [0.1, 0.15) is 54.5 Å². The second kappa shape index (κ2) is 6.30. The first kappa shape index (κ1) is 17.7. The van der Waals surface area contributed by atoms with Crippen LogP contribution in [-0.4, -0.2) is 52.5 Å². The Labute approximate surface area is 162 Å². The highest BCUT2D eigenvalue weighted by Crippen LogP contribution is 2.55. The van der Waals surface area contributed by atoms with Gasteiger partial charge < -0.3 is 24.0 Å². The number of aryl methyl sites for hydroxylation is 1. The maximum absolute atomic E-state index is 12.4. The Morgan fingerprint density at radius 1 is 1.43 bits per heavy atom. The van der Waals surface area contributed by atoms with Gasteiger partial charge in [-0.15, -0.1) is 0 Å². The van der Waals surface area contributed by atoms with Crippen LogP contribution in [0.25, 0.3) is 0 Å². The van der Waals surface area contributed by atoms with Crippen molar-refractivity contribution in [1.29, 1.82) is 0 Å². The van der Waals surface area contributed by atoms with E-state index >= 15 is 0 Å².